The molecule has 0 saturated heterocycles. The Balaban J connectivity index is 0.00000100. The molecule has 1 aliphatic carbocycles. The van der Waals surface area contributed by atoms with E-state index in [9.17, 15) is 0 Å². The molecular formula is C36H48N2O. The van der Waals surface area contributed by atoms with Gasteiger partial charge in [-0.25, -0.2) is 0 Å². The topological polar surface area (TPSA) is 41.0 Å². The van der Waals surface area contributed by atoms with Crippen LogP contribution in [0.15, 0.2) is 89.7 Å². The van der Waals surface area contributed by atoms with Crippen molar-refractivity contribution >= 4 is 21.9 Å². The Morgan fingerprint density at radius 3 is 2.41 bits per heavy atom. The molecule has 39 heavy (non-hydrogen) atoms. The summed E-state index contributed by atoms with van der Waals surface area (Å²) in [5, 5.41) is 6.01. The van der Waals surface area contributed by atoms with Gasteiger partial charge in [0.25, 0.3) is 0 Å². The molecule has 3 nitrogen and oxygen atoms in total. The zero-order valence-electron chi connectivity index (χ0n) is 25.2. The highest BCUT2D eigenvalue weighted by atomic mass is 16.3. The van der Waals surface area contributed by atoms with E-state index in [2.05, 4.69) is 117 Å². The molecule has 5 rings (SSSR count). The Bertz CT molecular complexity index is 1380. The molecule has 1 aliphatic rings. The number of para-hydroxylation sites is 1. The molecule has 2 heterocycles. The first-order valence-corrected chi connectivity index (χ1v) is 14.8. The zero-order chi connectivity index (χ0) is 28.4. The highest BCUT2D eigenvalue weighted by Gasteiger charge is 2.30. The number of H-pyrrole nitrogens is 1. The molecule has 2 aromatic carbocycles. The maximum atomic E-state index is 6.52. The first-order valence-electron chi connectivity index (χ1n) is 14.8. The van der Waals surface area contributed by atoms with Gasteiger partial charge in [-0.3, -0.25) is 0 Å². The Kier molecular flexibility index (Phi) is 11.3. The van der Waals surface area contributed by atoms with Gasteiger partial charge in [-0.15, -0.1) is 0 Å². The lowest BCUT2D eigenvalue weighted by molar-refractivity contribution is 0.490. The van der Waals surface area contributed by atoms with Crippen LogP contribution in [0, 0.1) is 18.8 Å². The Labute approximate surface area is 236 Å². The van der Waals surface area contributed by atoms with Crippen molar-refractivity contribution in [2.45, 2.75) is 80.2 Å². The first kappa shape index (κ1) is 30.1. The summed E-state index contributed by atoms with van der Waals surface area (Å²) in [6.45, 7) is 17.0. The van der Waals surface area contributed by atoms with Crippen LogP contribution in [0.4, 0.5) is 0 Å². The third-order valence-electron chi connectivity index (χ3n) is 7.22. The van der Waals surface area contributed by atoms with Gasteiger partial charge in [-0.1, -0.05) is 103 Å². The third kappa shape index (κ3) is 6.95. The summed E-state index contributed by atoms with van der Waals surface area (Å²) in [4.78, 5) is 3.38. The van der Waals surface area contributed by atoms with E-state index >= 15 is 0 Å². The van der Waals surface area contributed by atoms with Crippen LogP contribution in [0.2, 0.25) is 0 Å². The summed E-state index contributed by atoms with van der Waals surface area (Å²) in [6.07, 6.45) is 17.0. The molecular weight excluding hydrogens is 476 g/mol. The minimum Gasteiger partial charge on any atom is -0.455 e. The standard InChI is InChI=1S/C32H36N2O.2C2H6/c1-21(2)20-24-10-8-12-26-27-16-14-22(3)25(32(27)35-31(24)26)11-6-5-7-18-33-29-17-15-23(4)30(29)28-13-9-19-34-28;2*1-2/h5-10,12-19,21,23,29-30,33-34H,11,20H2,1-4H3;2*1-2H3/b6-5-,18-7-;;/t23?,29-,30?;;/m1../s1. The van der Waals surface area contributed by atoms with Crippen molar-refractivity contribution in [3.8, 4) is 0 Å². The van der Waals surface area contributed by atoms with Crippen LogP contribution in [-0.4, -0.2) is 11.0 Å². The van der Waals surface area contributed by atoms with Crippen molar-refractivity contribution in [3.05, 3.63) is 108 Å². The van der Waals surface area contributed by atoms with E-state index in [1.165, 1.54) is 33.2 Å². The molecule has 0 spiro atoms. The normalized spacial score (nSPS) is 18.6. The second-order valence-electron chi connectivity index (χ2n) is 10.3. The van der Waals surface area contributed by atoms with Gasteiger partial charge < -0.3 is 14.7 Å². The molecule has 0 saturated carbocycles. The molecule has 2 unspecified atom stereocenters. The van der Waals surface area contributed by atoms with Gasteiger partial charge in [-0.2, -0.15) is 0 Å². The van der Waals surface area contributed by atoms with Gasteiger partial charge >= 0.3 is 0 Å². The first-order chi connectivity index (χ1) is 19.0. The zero-order valence-corrected chi connectivity index (χ0v) is 25.2. The average Bonchev–Trinajstić information content (AvgIpc) is 3.68. The Morgan fingerprint density at radius 2 is 1.69 bits per heavy atom. The number of allylic oxidation sites excluding steroid dienone is 4. The van der Waals surface area contributed by atoms with Crippen LogP contribution in [0.3, 0.4) is 0 Å². The van der Waals surface area contributed by atoms with Crippen molar-refractivity contribution < 1.29 is 4.42 Å². The highest BCUT2D eigenvalue weighted by molar-refractivity contribution is 6.07. The lowest BCUT2D eigenvalue weighted by Gasteiger charge is -2.22. The number of furan rings is 1. The molecule has 0 radical (unpaired) electrons. The number of nitrogens with one attached hydrogen (secondary N) is 2. The second kappa shape index (κ2) is 14.6. The van der Waals surface area contributed by atoms with Gasteiger partial charge in [-0.05, 0) is 67.1 Å². The van der Waals surface area contributed by atoms with E-state index in [0.717, 1.165) is 24.0 Å². The van der Waals surface area contributed by atoms with E-state index in [1.807, 2.05) is 33.9 Å². The molecule has 0 fully saturated rings. The van der Waals surface area contributed by atoms with Gasteiger partial charge in [0, 0.05) is 34.1 Å². The number of aryl methyl sites for hydroxylation is 1. The van der Waals surface area contributed by atoms with Crippen molar-refractivity contribution in [1.29, 1.82) is 0 Å². The van der Waals surface area contributed by atoms with Gasteiger partial charge in [0.1, 0.15) is 11.2 Å². The third-order valence-corrected chi connectivity index (χ3v) is 7.22. The lowest BCUT2D eigenvalue weighted by Crippen LogP contribution is -2.29. The summed E-state index contributed by atoms with van der Waals surface area (Å²) in [5.74, 6) is 1.55. The second-order valence-corrected chi connectivity index (χ2v) is 10.3. The molecule has 0 amide bonds. The van der Waals surface area contributed by atoms with Gasteiger partial charge in [0.15, 0.2) is 0 Å². The van der Waals surface area contributed by atoms with Crippen LogP contribution in [0.1, 0.15) is 76.8 Å². The lowest BCUT2D eigenvalue weighted by atomic mass is 9.91. The van der Waals surface area contributed by atoms with E-state index < -0.39 is 0 Å². The fraction of sp³-hybridized carbons (Fsp3) is 0.389. The molecule has 3 atom stereocenters. The maximum Gasteiger partial charge on any atom is 0.139 e. The number of hydrogen-bond donors (Lipinski definition) is 2. The Hall–Kier alpha value is -3.46. The predicted molar refractivity (Wildman–Crippen MR) is 170 cm³/mol. The van der Waals surface area contributed by atoms with Crippen LogP contribution in [0.5, 0.6) is 0 Å². The SMILES string of the molecule is CC.CC.Cc1ccc2c(oc3c(CC(C)C)cccc32)c1C/C=C\C=C/N[C@@H]1C=CC(C)C1c1ccc[nH]1. The van der Waals surface area contributed by atoms with Crippen LogP contribution in [0.25, 0.3) is 21.9 Å². The summed E-state index contributed by atoms with van der Waals surface area (Å²) in [5.41, 5.74) is 7.21. The number of hydrogen-bond acceptors (Lipinski definition) is 2. The highest BCUT2D eigenvalue weighted by Crippen LogP contribution is 2.36. The van der Waals surface area contributed by atoms with Crippen molar-refractivity contribution in [2.75, 3.05) is 0 Å². The molecule has 2 aromatic heterocycles. The van der Waals surface area contributed by atoms with Crippen molar-refractivity contribution in [3.63, 3.8) is 0 Å². The van der Waals surface area contributed by atoms with Crippen molar-refractivity contribution in [2.24, 2.45) is 11.8 Å². The summed E-state index contributed by atoms with van der Waals surface area (Å²) < 4.78 is 6.52. The fourth-order valence-corrected chi connectivity index (χ4v) is 5.46. The average molecular weight is 525 g/mol. The molecule has 3 heteroatoms. The minimum absolute atomic E-state index is 0.305. The Morgan fingerprint density at radius 1 is 0.923 bits per heavy atom. The van der Waals surface area contributed by atoms with E-state index in [-0.39, 0.29) is 0 Å². The number of fused-ring (bicyclic) bond motifs is 3. The van der Waals surface area contributed by atoms with Crippen LogP contribution in [-0.2, 0) is 12.8 Å². The van der Waals surface area contributed by atoms with E-state index in [0.29, 0.717) is 23.8 Å². The van der Waals surface area contributed by atoms with Gasteiger partial charge in [0.2, 0.25) is 0 Å². The number of aromatic nitrogens is 1. The van der Waals surface area contributed by atoms with Crippen LogP contribution >= 0.6 is 0 Å². The van der Waals surface area contributed by atoms with E-state index in [4.69, 9.17) is 4.42 Å². The summed E-state index contributed by atoms with van der Waals surface area (Å²) in [7, 11) is 0. The summed E-state index contributed by atoms with van der Waals surface area (Å²) >= 11 is 0. The van der Waals surface area contributed by atoms with Gasteiger partial charge in [0.05, 0.1) is 6.04 Å². The van der Waals surface area contributed by atoms with E-state index in [1.54, 1.807) is 0 Å². The minimum atomic E-state index is 0.305. The predicted octanol–water partition coefficient (Wildman–Crippen LogP) is 10.0. The quantitative estimate of drug-likeness (QED) is 0.178. The van der Waals surface area contributed by atoms with Crippen molar-refractivity contribution in [1.82, 2.24) is 10.3 Å². The fourth-order valence-electron chi connectivity index (χ4n) is 5.46. The van der Waals surface area contributed by atoms with Crippen LogP contribution < -0.4 is 5.32 Å². The monoisotopic (exact) mass is 524 g/mol. The molecule has 0 aliphatic heterocycles. The summed E-state index contributed by atoms with van der Waals surface area (Å²) in [6, 6.07) is 15.5. The number of aromatic amines is 1. The molecule has 4 aromatic rings. The maximum absolute atomic E-state index is 6.52. The molecule has 2 N–H and O–H groups in total. The smallest absolute Gasteiger partial charge is 0.139 e. The molecule has 0 bridgehead atoms. The number of benzene rings is 2. The molecule has 208 valence electrons. The largest absolute Gasteiger partial charge is 0.455 e. The number of rotatable bonds is 8.